The summed E-state index contributed by atoms with van der Waals surface area (Å²) < 4.78 is 19.3. The molecule has 0 N–H and O–H groups in total. The van der Waals surface area contributed by atoms with Gasteiger partial charge in [0.2, 0.25) is 5.95 Å². The lowest BCUT2D eigenvalue weighted by atomic mass is 9.88. The molecule has 0 spiro atoms. The van der Waals surface area contributed by atoms with E-state index < -0.39 is 11.5 Å². The topological polar surface area (TPSA) is 22.1 Å². The molecule has 0 aromatic carbocycles. The Morgan fingerprint density at radius 2 is 2.00 bits per heavy atom. The molecule has 18 heavy (non-hydrogen) atoms. The Morgan fingerprint density at radius 3 is 2.56 bits per heavy atom. The first-order chi connectivity index (χ1) is 8.68. The Balaban J connectivity index is 0.000000771. The van der Waals surface area contributed by atoms with Crippen molar-refractivity contribution in [3.05, 3.63) is 28.8 Å². The second kappa shape index (κ2) is 7.31. The molecule has 0 amide bonds. The van der Waals surface area contributed by atoms with E-state index >= 15 is 0 Å². The molecule has 1 aliphatic heterocycles. The molecule has 0 saturated carbocycles. The number of aromatic nitrogens is 1. The minimum absolute atomic E-state index is 0.450. The van der Waals surface area contributed by atoms with Crippen LogP contribution in [0, 0.1) is 5.95 Å². The van der Waals surface area contributed by atoms with Crippen LogP contribution in [0.3, 0.4) is 0 Å². The van der Waals surface area contributed by atoms with E-state index in [4.69, 9.17) is 16.3 Å². The second-order valence-corrected chi connectivity index (χ2v) is 5.46. The van der Waals surface area contributed by atoms with Crippen LogP contribution in [0.1, 0.15) is 32.3 Å². The normalized spacial score (nSPS) is 17.8. The Bertz CT molecular complexity index is 383. The number of rotatable bonds is 2. The lowest BCUT2D eigenvalue weighted by Crippen LogP contribution is -2.34. The Morgan fingerprint density at radius 1 is 1.39 bits per heavy atom. The molecule has 5 heteroatoms. The molecule has 1 fully saturated rings. The smallest absolute Gasteiger partial charge is 0.219 e. The van der Waals surface area contributed by atoms with E-state index in [1.807, 2.05) is 25.6 Å². The summed E-state index contributed by atoms with van der Waals surface area (Å²) in [5.41, 5.74) is -0.0597. The van der Waals surface area contributed by atoms with Crippen molar-refractivity contribution in [2.24, 2.45) is 0 Å². The zero-order valence-corrected chi connectivity index (χ0v) is 12.6. The van der Waals surface area contributed by atoms with Crippen LogP contribution in [-0.4, -0.2) is 23.6 Å². The molecular formula is C13H19ClFNOS. The molecule has 0 atom stereocenters. The van der Waals surface area contributed by atoms with Gasteiger partial charge in [-0.25, -0.2) is 4.98 Å². The van der Waals surface area contributed by atoms with Gasteiger partial charge in [0.05, 0.1) is 10.6 Å². The fourth-order valence-electron chi connectivity index (χ4n) is 2.03. The van der Waals surface area contributed by atoms with Gasteiger partial charge in [0, 0.05) is 18.9 Å². The van der Waals surface area contributed by atoms with Gasteiger partial charge in [-0.3, -0.25) is 0 Å². The monoisotopic (exact) mass is 291 g/mol. The number of methoxy groups -OCH3 is 1. The van der Waals surface area contributed by atoms with E-state index in [-0.39, 0.29) is 0 Å². The van der Waals surface area contributed by atoms with Crippen molar-refractivity contribution < 1.29 is 9.13 Å². The highest BCUT2D eigenvalue weighted by atomic mass is 35.5. The van der Waals surface area contributed by atoms with Crippen LogP contribution in [0.4, 0.5) is 4.39 Å². The number of thioether (sulfide) groups is 1. The Labute approximate surface area is 117 Å². The number of nitrogens with zero attached hydrogens (tertiary/aromatic N) is 1. The average molecular weight is 292 g/mol. The molecule has 2 rings (SSSR count). The molecule has 0 bridgehead atoms. The Kier molecular flexibility index (Phi) is 6.39. The van der Waals surface area contributed by atoms with Crippen molar-refractivity contribution in [2.45, 2.75) is 32.3 Å². The van der Waals surface area contributed by atoms with Gasteiger partial charge in [0.1, 0.15) is 0 Å². The average Bonchev–Trinajstić information content (AvgIpc) is 2.44. The summed E-state index contributed by atoms with van der Waals surface area (Å²) in [7, 11) is 1.62. The second-order valence-electron chi connectivity index (χ2n) is 3.80. The summed E-state index contributed by atoms with van der Waals surface area (Å²) in [6, 6.07) is 1.63. The van der Waals surface area contributed by atoms with Crippen LogP contribution in [0.25, 0.3) is 0 Å². The minimum atomic E-state index is -0.548. The summed E-state index contributed by atoms with van der Waals surface area (Å²) in [5, 5.41) is 0.450. The van der Waals surface area contributed by atoms with E-state index in [1.54, 1.807) is 13.2 Å². The third-order valence-electron chi connectivity index (χ3n) is 2.99. The van der Waals surface area contributed by atoms with Gasteiger partial charge in [-0.05, 0) is 30.4 Å². The molecule has 1 aromatic rings. The van der Waals surface area contributed by atoms with Gasteiger partial charge in [0.25, 0.3) is 0 Å². The highest BCUT2D eigenvalue weighted by Crippen LogP contribution is 2.40. The van der Waals surface area contributed by atoms with Crippen LogP contribution >= 0.6 is 23.4 Å². The summed E-state index contributed by atoms with van der Waals surface area (Å²) in [6.07, 6.45) is 2.92. The SMILES string of the molecule is CC.COC1(c2cc(Cl)cnc2F)CCSCC1. The van der Waals surface area contributed by atoms with E-state index in [2.05, 4.69) is 4.98 Å². The molecule has 1 saturated heterocycles. The van der Waals surface area contributed by atoms with Gasteiger partial charge in [-0.1, -0.05) is 25.4 Å². The Hall–Kier alpha value is -0.320. The van der Waals surface area contributed by atoms with Crippen LogP contribution < -0.4 is 0 Å². The standard InChI is InChI=1S/C11H13ClFNOS.C2H6/c1-15-11(2-4-16-5-3-11)9-6-8(12)7-14-10(9)13;1-2/h6-7H,2-5H2,1H3;1-2H3. The van der Waals surface area contributed by atoms with Crippen LogP contribution in [0.5, 0.6) is 0 Å². The van der Waals surface area contributed by atoms with Crippen LogP contribution in [0.2, 0.25) is 5.02 Å². The third-order valence-corrected chi connectivity index (χ3v) is 4.18. The minimum Gasteiger partial charge on any atom is -0.373 e. The highest BCUT2D eigenvalue weighted by molar-refractivity contribution is 7.99. The van der Waals surface area contributed by atoms with E-state index in [9.17, 15) is 4.39 Å². The maximum absolute atomic E-state index is 13.7. The zero-order chi connectivity index (χ0) is 13.6. The summed E-state index contributed by atoms with van der Waals surface area (Å²) >= 11 is 7.73. The van der Waals surface area contributed by atoms with E-state index in [0.29, 0.717) is 10.6 Å². The predicted molar refractivity (Wildman–Crippen MR) is 75.8 cm³/mol. The fraction of sp³-hybridized carbons (Fsp3) is 0.615. The van der Waals surface area contributed by atoms with Gasteiger partial charge in [0.15, 0.2) is 0 Å². The molecule has 2 heterocycles. The van der Waals surface area contributed by atoms with Crippen LogP contribution in [0.15, 0.2) is 12.3 Å². The molecule has 102 valence electrons. The molecule has 1 aliphatic rings. The lowest BCUT2D eigenvalue weighted by molar-refractivity contribution is -0.0252. The quantitative estimate of drug-likeness (QED) is 0.760. The highest BCUT2D eigenvalue weighted by Gasteiger charge is 2.37. The van der Waals surface area contributed by atoms with Gasteiger partial charge < -0.3 is 4.74 Å². The predicted octanol–water partition coefficient (Wildman–Crippen LogP) is 4.27. The van der Waals surface area contributed by atoms with E-state index in [0.717, 1.165) is 24.3 Å². The maximum Gasteiger partial charge on any atom is 0.219 e. The first kappa shape index (κ1) is 15.7. The summed E-state index contributed by atoms with van der Waals surface area (Å²) in [5.74, 6) is 1.47. The molecule has 2 nitrogen and oxygen atoms in total. The van der Waals surface area contributed by atoms with Crippen molar-refractivity contribution in [3.63, 3.8) is 0 Å². The first-order valence-electron chi connectivity index (χ1n) is 6.12. The van der Waals surface area contributed by atoms with Gasteiger partial charge in [-0.2, -0.15) is 16.2 Å². The molecular weight excluding hydrogens is 273 g/mol. The number of pyridine rings is 1. The number of ether oxygens (including phenoxy) is 1. The number of hydrogen-bond donors (Lipinski definition) is 0. The largest absolute Gasteiger partial charge is 0.373 e. The van der Waals surface area contributed by atoms with Crippen molar-refractivity contribution in [2.75, 3.05) is 18.6 Å². The van der Waals surface area contributed by atoms with Crippen molar-refractivity contribution in [1.29, 1.82) is 0 Å². The van der Waals surface area contributed by atoms with E-state index in [1.165, 1.54) is 6.20 Å². The van der Waals surface area contributed by atoms with Gasteiger partial charge in [-0.15, -0.1) is 0 Å². The molecule has 0 aliphatic carbocycles. The summed E-state index contributed by atoms with van der Waals surface area (Å²) in [4.78, 5) is 3.66. The zero-order valence-electron chi connectivity index (χ0n) is 11.0. The molecule has 0 unspecified atom stereocenters. The summed E-state index contributed by atoms with van der Waals surface area (Å²) in [6.45, 7) is 4.00. The molecule has 1 aromatic heterocycles. The van der Waals surface area contributed by atoms with Gasteiger partial charge >= 0.3 is 0 Å². The van der Waals surface area contributed by atoms with Crippen molar-refractivity contribution in [1.82, 2.24) is 4.98 Å². The fourth-order valence-corrected chi connectivity index (χ4v) is 3.34. The first-order valence-corrected chi connectivity index (χ1v) is 7.66. The number of hydrogen-bond acceptors (Lipinski definition) is 3. The van der Waals surface area contributed by atoms with Crippen molar-refractivity contribution >= 4 is 23.4 Å². The maximum atomic E-state index is 13.7. The number of halogens is 2. The van der Waals surface area contributed by atoms with Crippen molar-refractivity contribution in [3.8, 4) is 0 Å². The molecule has 0 radical (unpaired) electrons. The lowest BCUT2D eigenvalue weighted by Gasteiger charge is -2.36. The third kappa shape index (κ3) is 3.37. The van der Waals surface area contributed by atoms with Crippen LogP contribution in [-0.2, 0) is 10.3 Å².